The van der Waals surface area contributed by atoms with E-state index in [-0.39, 0.29) is 17.5 Å². The van der Waals surface area contributed by atoms with Gasteiger partial charge in [-0.1, -0.05) is 12.1 Å². The van der Waals surface area contributed by atoms with Crippen LogP contribution in [0.2, 0.25) is 0 Å². The minimum atomic E-state index is -0.366. The first-order valence-corrected chi connectivity index (χ1v) is 9.35. The molecular formula is C23H23N3O3. The summed E-state index contributed by atoms with van der Waals surface area (Å²) in [4.78, 5) is 29.2. The number of pyridine rings is 1. The molecule has 0 saturated heterocycles. The second-order valence-corrected chi connectivity index (χ2v) is 6.61. The van der Waals surface area contributed by atoms with E-state index in [1.165, 1.54) is 12.3 Å². The second-order valence-electron chi connectivity index (χ2n) is 6.61. The standard InChI is InChI=1S/C23H23N3O3/c1-4-29-19-9-7-18(8-10-19)25-22(27)17-11-12-24-21(14-17)23(28)26-20-13-15(2)5-6-16(20)3/h5-14H,4H2,1-3H3,(H,25,27)(H,26,28). The lowest BCUT2D eigenvalue weighted by Gasteiger charge is -2.10. The summed E-state index contributed by atoms with van der Waals surface area (Å²) in [6.07, 6.45) is 1.45. The molecular weight excluding hydrogens is 366 g/mol. The highest BCUT2D eigenvalue weighted by Gasteiger charge is 2.13. The molecule has 3 aromatic rings. The average Bonchev–Trinajstić information content (AvgIpc) is 2.72. The second kappa shape index (κ2) is 9.01. The number of hydrogen-bond donors (Lipinski definition) is 2. The summed E-state index contributed by atoms with van der Waals surface area (Å²) in [6.45, 7) is 6.37. The molecule has 2 N–H and O–H groups in total. The number of aromatic nitrogens is 1. The lowest BCUT2D eigenvalue weighted by atomic mass is 10.1. The molecule has 0 bridgehead atoms. The Labute approximate surface area is 169 Å². The van der Waals surface area contributed by atoms with Crippen LogP contribution in [-0.2, 0) is 0 Å². The third-order valence-electron chi connectivity index (χ3n) is 4.32. The number of rotatable bonds is 6. The summed E-state index contributed by atoms with van der Waals surface area (Å²) < 4.78 is 5.39. The minimum absolute atomic E-state index is 0.172. The zero-order valence-corrected chi connectivity index (χ0v) is 16.7. The monoisotopic (exact) mass is 389 g/mol. The SMILES string of the molecule is CCOc1ccc(NC(=O)c2ccnc(C(=O)Nc3cc(C)ccc3C)c2)cc1. The van der Waals surface area contributed by atoms with Gasteiger partial charge in [-0.05, 0) is 74.4 Å². The van der Waals surface area contributed by atoms with E-state index in [0.717, 1.165) is 22.6 Å². The Morgan fingerprint density at radius 1 is 0.931 bits per heavy atom. The molecule has 0 spiro atoms. The fraction of sp³-hybridized carbons (Fsp3) is 0.174. The molecule has 0 aliphatic rings. The van der Waals surface area contributed by atoms with Gasteiger partial charge in [0.15, 0.2) is 0 Å². The number of nitrogens with one attached hydrogen (secondary N) is 2. The molecule has 2 aromatic carbocycles. The van der Waals surface area contributed by atoms with Crippen molar-refractivity contribution in [2.45, 2.75) is 20.8 Å². The molecule has 0 unspecified atom stereocenters. The van der Waals surface area contributed by atoms with E-state index >= 15 is 0 Å². The Kier molecular flexibility index (Phi) is 6.24. The lowest BCUT2D eigenvalue weighted by Crippen LogP contribution is -2.17. The molecule has 148 valence electrons. The first kappa shape index (κ1) is 20.1. The average molecular weight is 389 g/mol. The van der Waals surface area contributed by atoms with Crippen molar-refractivity contribution < 1.29 is 14.3 Å². The van der Waals surface area contributed by atoms with Gasteiger partial charge in [-0.25, -0.2) is 0 Å². The maximum Gasteiger partial charge on any atom is 0.274 e. The minimum Gasteiger partial charge on any atom is -0.494 e. The Morgan fingerprint density at radius 3 is 2.41 bits per heavy atom. The van der Waals surface area contributed by atoms with Crippen LogP contribution in [0.15, 0.2) is 60.8 Å². The number of ether oxygens (including phenoxy) is 1. The summed E-state index contributed by atoms with van der Waals surface area (Å²) in [5.74, 6) is 0.0478. The van der Waals surface area contributed by atoms with Gasteiger partial charge >= 0.3 is 0 Å². The first-order valence-electron chi connectivity index (χ1n) is 9.35. The number of benzene rings is 2. The topological polar surface area (TPSA) is 80.3 Å². The highest BCUT2D eigenvalue weighted by molar-refractivity contribution is 6.08. The summed E-state index contributed by atoms with van der Waals surface area (Å²) in [6, 6.07) is 16.0. The smallest absolute Gasteiger partial charge is 0.274 e. The van der Waals surface area contributed by atoms with E-state index in [2.05, 4.69) is 15.6 Å². The first-order chi connectivity index (χ1) is 14.0. The maximum atomic E-state index is 12.6. The summed E-state index contributed by atoms with van der Waals surface area (Å²) >= 11 is 0. The van der Waals surface area contributed by atoms with Crippen molar-refractivity contribution in [3.63, 3.8) is 0 Å². The molecule has 0 fully saturated rings. The molecule has 29 heavy (non-hydrogen) atoms. The van der Waals surface area contributed by atoms with E-state index in [4.69, 9.17) is 4.74 Å². The maximum absolute atomic E-state index is 12.6. The fourth-order valence-corrected chi connectivity index (χ4v) is 2.76. The zero-order valence-electron chi connectivity index (χ0n) is 16.7. The Bertz CT molecular complexity index is 1030. The van der Waals surface area contributed by atoms with Gasteiger partial charge in [0.05, 0.1) is 6.61 Å². The van der Waals surface area contributed by atoms with E-state index < -0.39 is 0 Å². The zero-order chi connectivity index (χ0) is 20.8. The van der Waals surface area contributed by atoms with Crippen molar-refractivity contribution in [2.24, 2.45) is 0 Å². The third-order valence-corrected chi connectivity index (χ3v) is 4.32. The number of nitrogens with zero attached hydrogens (tertiary/aromatic N) is 1. The van der Waals surface area contributed by atoms with Crippen LogP contribution >= 0.6 is 0 Å². The Balaban J connectivity index is 1.71. The third kappa shape index (κ3) is 5.19. The predicted octanol–water partition coefficient (Wildman–Crippen LogP) is 4.60. The fourth-order valence-electron chi connectivity index (χ4n) is 2.76. The predicted molar refractivity (Wildman–Crippen MR) is 114 cm³/mol. The molecule has 1 aromatic heterocycles. The van der Waals surface area contributed by atoms with E-state index in [1.807, 2.05) is 39.0 Å². The number of carbonyl (C=O) groups excluding carboxylic acids is 2. The van der Waals surface area contributed by atoms with E-state index in [0.29, 0.717) is 17.9 Å². The Hall–Kier alpha value is -3.67. The van der Waals surface area contributed by atoms with Crippen molar-refractivity contribution in [1.29, 1.82) is 0 Å². The van der Waals surface area contributed by atoms with Crippen LogP contribution in [-0.4, -0.2) is 23.4 Å². The van der Waals surface area contributed by atoms with Crippen molar-refractivity contribution in [3.8, 4) is 5.75 Å². The van der Waals surface area contributed by atoms with Crippen LogP contribution in [0.3, 0.4) is 0 Å². The lowest BCUT2D eigenvalue weighted by molar-refractivity contribution is 0.102. The molecule has 6 heteroatoms. The van der Waals surface area contributed by atoms with E-state index in [1.54, 1.807) is 30.3 Å². The highest BCUT2D eigenvalue weighted by atomic mass is 16.5. The van der Waals surface area contributed by atoms with Crippen LogP contribution in [0.4, 0.5) is 11.4 Å². The van der Waals surface area contributed by atoms with Gasteiger partial charge < -0.3 is 15.4 Å². The quantitative estimate of drug-likeness (QED) is 0.646. The molecule has 0 radical (unpaired) electrons. The molecule has 0 aliphatic heterocycles. The van der Waals surface area contributed by atoms with Gasteiger partial charge in [-0.3, -0.25) is 14.6 Å². The van der Waals surface area contributed by atoms with Crippen LogP contribution in [0, 0.1) is 13.8 Å². The van der Waals surface area contributed by atoms with Crippen molar-refractivity contribution in [3.05, 3.63) is 83.2 Å². The summed E-state index contributed by atoms with van der Waals surface area (Å²) in [7, 11) is 0. The molecule has 6 nitrogen and oxygen atoms in total. The largest absolute Gasteiger partial charge is 0.494 e. The molecule has 2 amide bonds. The van der Waals surface area contributed by atoms with Crippen LogP contribution in [0.25, 0.3) is 0 Å². The molecule has 0 atom stereocenters. The summed E-state index contributed by atoms with van der Waals surface area (Å²) in [5.41, 5.74) is 3.87. The van der Waals surface area contributed by atoms with Gasteiger partial charge in [-0.15, -0.1) is 0 Å². The van der Waals surface area contributed by atoms with E-state index in [9.17, 15) is 9.59 Å². The number of carbonyl (C=O) groups is 2. The van der Waals surface area contributed by atoms with Gasteiger partial charge in [0, 0.05) is 23.1 Å². The van der Waals surface area contributed by atoms with Crippen LogP contribution in [0.5, 0.6) is 5.75 Å². The van der Waals surface area contributed by atoms with Gasteiger partial charge in [0.2, 0.25) is 0 Å². The number of aryl methyl sites for hydroxylation is 2. The van der Waals surface area contributed by atoms with Gasteiger partial charge in [0.25, 0.3) is 11.8 Å². The number of anilines is 2. The van der Waals surface area contributed by atoms with Gasteiger partial charge in [-0.2, -0.15) is 0 Å². The molecule has 1 heterocycles. The van der Waals surface area contributed by atoms with Crippen LogP contribution in [0.1, 0.15) is 38.9 Å². The number of hydrogen-bond acceptors (Lipinski definition) is 4. The van der Waals surface area contributed by atoms with Crippen molar-refractivity contribution in [2.75, 3.05) is 17.2 Å². The normalized spacial score (nSPS) is 10.3. The molecule has 0 saturated carbocycles. The van der Waals surface area contributed by atoms with Crippen LogP contribution < -0.4 is 15.4 Å². The molecule has 0 aliphatic carbocycles. The number of amides is 2. The van der Waals surface area contributed by atoms with Crippen molar-refractivity contribution in [1.82, 2.24) is 4.98 Å². The molecule has 3 rings (SSSR count). The highest BCUT2D eigenvalue weighted by Crippen LogP contribution is 2.18. The van der Waals surface area contributed by atoms with Gasteiger partial charge in [0.1, 0.15) is 11.4 Å². The van der Waals surface area contributed by atoms with Crippen molar-refractivity contribution >= 4 is 23.2 Å². The summed E-state index contributed by atoms with van der Waals surface area (Å²) in [5, 5.41) is 5.66. The Morgan fingerprint density at radius 2 is 1.69 bits per heavy atom.